The SMILES string of the molecule is O=C(O)c1cnn(-c2nccc(C(F)(F)F)n2)c1. The van der Waals surface area contributed by atoms with E-state index in [1.54, 1.807) is 0 Å². The minimum absolute atomic E-state index is 0.170. The largest absolute Gasteiger partial charge is 0.478 e. The van der Waals surface area contributed by atoms with Gasteiger partial charge in [0.15, 0.2) is 0 Å². The molecule has 0 amide bonds. The van der Waals surface area contributed by atoms with Gasteiger partial charge in [0.25, 0.3) is 5.95 Å². The number of halogens is 3. The maximum atomic E-state index is 12.4. The van der Waals surface area contributed by atoms with Crippen molar-refractivity contribution < 1.29 is 23.1 Å². The van der Waals surface area contributed by atoms with Gasteiger partial charge in [-0.25, -0.2) is 19.4 Å². The predicted molar refractivity (Wildman–Crippen MR) is 51.1 cm³/mol. The van der Waals surface area contributed by atoms with Crippen LogP contribution in [0.25, 0.3) is 5.95 Å². The highest BCUT2D eigenvalue weighted by molar-refractivity contribution is 5.86. The predicted octanol–water partition coefficient (Wildman–Crippen LogP) is 1.38. The number of carbonyl (C=O) groups is 1. The van der Waals surface area contributed by atoms with Crippen LogP contribution in [0, 0.1) is 0 Å². The van der Waals surface area contributed by atoms with E-state index in [2.05, 4.69) is 15.1 Å². The minimum atomic E-state index is -4.60. The molecule has 0 unspecified atom stereocenters. The van der Waals surface area contributed by atoms with Gasteiger partial charge in [0.2, 0.25) is 0 Å². The van der Waals surface area contributed by atoms with Gasteiger partial charge >= 0.3 is 12.1 Å². The molecule has 0 bridgehead atoms. The molecule has 0 saturated heterocycles. The van der Waals surface area contributed by atoms with Crippen LogP contribution in [-0.4, -0.2) is 30.8 Å². The number of carboxylic acids is 1. The fourth-order valence-electron chi connectivity index (χ4n) is 1.16. The zero-order valence-electron chi connectivity index (χ0n) is 8.59. The molecule has 18 heavy (non-hydrogen) atoms. The molecule has 0 fully saturated rings. The highest BCUT2D eigenvalue weighted by atomic mass is 19.4. The van der Waals surface area contributed by atoms with Crippen molar-refractivity contribution in [3.63, 3.8) is 0 Å². The minimum Gasteiger partial charge on any atom is -0.478 e. The topological polar surface area (TPSA) is 80.9 Å². The maximum Gasteiger partial charge on any atom is 0.433 e. The highest BCUT2D eigenvalue weighted by Gasteiger charge is 2.33. The molecule has 6 nitrogen and oxygen atoms in total. The molecule has 0 saturated carbocycles. The average Bonchev–Trinajstić information content (AvgIpc) is 2.77. The third kappa shape index (κ3) is 2.29. The molecule has 2 heterocycles. The van der Waals surface area contributed by atoms with Crippen molar-refractivity contribution in [2.75, 3.05) is 0 Å². The molecule has 2 rings (SSSR count). The fourth-order valence-corrected chi connectivity index (χ4v) is 1.16. The second-order valence-corrected chi connectivity index (χ2v) is 3.22. The molecule has 0 radical (unpaired) electrons. The van der Waals surface area contributed by atoms with Crippen molar-refractivity contribution in [3.8, 4) is 5.95 Å². The van der Waals surface area contributed by atoms with E-state index < -0.39 is 17.8 Å². The van der Waals surface area contributed by atoms with Crippen molar-refractivity contribution >= 4 is 5.97 Å². The quantitative estimate of drug-likeness (QED) is 0.880. The fraction of sp³-hybridized carbons (Fsp3) is 0.111. The molecular weight excluding hydrogens is 253 g/mol. The molecule has 0 aliphatic heterocycles. The Morgan fingerprint density at radius 1 is 1.39 bits per heavy atom. The van der Waals surface area contributed by atoms with Crippen LogP contribution in [0.4, 0.5) is 13.2 Å². The number of carboxylic acid groups (broad SMARTS) is 1. The summed E-state index contributed by atoms with van der Waals surface area (Å²) >= 11 is 0. The second kappa shape index (κ2) is 4.09. The molecule has 2 aromatic heterocycles. The molecule has 2 aromatic rings. The number of rotatable bonds is 2. The Kier molecular flexibility index (Phi) is 2.73. The smallest absolute Gasteiger partial charge is 0.433 e. The van der Waals surface area contributed by atoms with E-state index in [0.29, 0.717) is 6.07 Å². The first kappa shape index (κ1) is 12.0. The Bertz CT molecular complexity index is 593. The van der Waals surface area contributed by atoms with Gasteiger partial charge in [0.1, 0.15) is 5.69 Å². The van der Waals surface area contributed by atoms with Crippen LogP contribution in [-0.2, 0) is 6.18 Å². The summed E-state index contributed by atoms with van der Waals surface area (Å²) in [5.41, 5.74) is -1.30. The summed E-state index contributed by atoms with van der Waals surface area (Å²) in [6.45, 7) is 0. The van der Waals surface area contributed by atoms with Crippen LogP contribution in [0.2, 0.25) is 0 Å². The summed E-state index contributed by atoms with van der Waals surface area (Å²) in [5, 5.41) is 12.2. The number of aromatic carboxylic acids is 1. The Balaban J connectivity index is 2.41. The Morgan fingerprint density at radius 3 is 2.67 bits per heavy atom. The van der Waals surface area contributed by atoms with Crippen LogP contribution in [0.3, 0.4) is 0 Å². The summed E-state index contributed by atoms with van der Waals surface area (Å²) < 4.78 is 38.1. The van der Waals surface area contributed by atoms with Crippen LogP contribution >= 0.6 is 0 Å². The number of alkyl halides is 3. The van der Waals surface area contributed by atoms with E-state index in [1.807, 2.05) is 0 Å². The summed E-state index contributed by atoms with van der Waals surface area (Å²) in [6.07, 6.45) is -1.66. The standard InChI is InChI=1S/C9H5F3N4O2/c10-9(11,12)6-1-2-13-8(15-6)16-4-5(3-14-16)7(17)18/h1-4H,(H,17,18). The molecular formula is C9H5F3N4O2. The summed E-state index contributed by atoms with van der Waals surface area (Å²) in [7, 11) is 0. The van der Waals surface area contributed by atoms with Crippen LogP contribution in [0.15, 0.2) is 24.7 Å². The molecule has 9 heteroatoms. The summed E-state index contributed by atoms with van der Waals surface area (Å²) in [5.74, 6) is -1.59. The lowest BCUT2D eigenvalue weighted by atomic mass is 10.4. The van der Waals surface area contributed by atoms with E-state index in [-0.39, 0.29) is 11.5 Å². The van der Waals surface area contributed by atoms with E-state index in [0.717, 1.165) is 23.3 Å². The molecule has 1 N–H and O–H groups in total. The zero-order valence-corrected chi connectivity index (χ0v) is 8.59. The van der Waals surface area contributed by atoms with Crippen molar-refractivity contribution in [2.24, 2.45) is 0 Å². The molecule has 0 aromatic carbocycles. The second-order valence-electron chi connectivity index (χ2n) is 3.22. The molecule has 0 spiro atoms. The average molecular weight is 258 g/mol. The van der Waals surface area contributed by atoms with E-state index >= 15 is 0 Å². The van der Waals surface area contributed by atoms with Crippen molar-refractivity contribution in [2.45, 2.75) is 6.18 Å². The van der Waals surface area contributed by atoms with E-state index in [9.17, 15) is 18.0 Å². The van der Waals surface area contributed by atoms with Gasteiger partial charge in [0, 0.05) is 12.4 Å². The first-order chi connectivity index (χ1) is 8.38. The molecule has 0 aliphatic carbocycles. The number of hydrogen-bond donors (Lipinski definition) is 1. The highest BCUT2D eigenvalue weighted by Crippen LogP contribution is 2.27. The monoisotopic (exact) mass is 258 g/mol. The van der Waals surface area contributed by atoms with Gasteiger partial charge in [-0.2, -0.15) is 18.3 Å². The van der Waals surface area contributed by atoms with Gasteiger partial charge in [0.05, 0.1) is 11.8 Å². The number of aromatic nitrogens is 4. The van der Waals surface area contributed by atoms with E-state index in [1.165, 1.54) is 0 Å². The van der Waals surface area contributed by atoms with Crippen molar-refractivity contribution in [1.29, 1.82) is 0 Å². The Labute approximate surface area is 97.7 Å². The molecule has 0 aliphatic rings. The molecule has 94 valence electrons. The lowest BCUT2D eigenvalue weighted by Crippen LogP contribution is -2.11. The first-order valence-electron chi connectivity index (χ1n) is 4.56. The third-order valence-corrected chi connectivity index (χ3v) is 1.97. The number of hydrogen-bond acceptors (Lipinski definition) is 4. The normalized spacial score (nSPS) is 11.5. The Morgan fingerprint density at radius 2 is 2.11 bits per heavy atom. The van der Waals surface area contributed by atoms with Crippen LogP contribution in [0.5, 0.6) is 0 Å². The summed E-state index contributed by atoms with van der Waals surface area (Å²) in [4.78, 5) is 17.4. The Hall–Kier alpha value is -2.45. The zero-order chi connectivity index (χ0) is 13.3. The lowest BCUT2D eigenvalue weighted by Gasteiger charge is -2.06. The third-order valence-electron chi connectivity index (χ3n) is 1.97. The van der Waals surface area contributed by atoms with Gasteiger partial charge in [-0.1, -0.05) is 0 Å². The lowest BCUT2D eigenvalue weighted by molar-refractivity contribution is -0.141. The van der Waals surface area contributed by atoms with Gasteiger partial charge < -0.3 is 5.11 Å². The van der Waals surface area contributed by atoms with Crippen LogP contribution < -0.4 is 0 Å². The molecule has 0 atom stereocenters. The first-order valence-corrected chi connectivity index (χ1v) is 4.56. The van der Waals surface area contributed by atoms with Crippen molar-refractivity contribution in [3.05, 3.63) is 35.9 Å². The summed E-state index contributed by atoms with van der Waals surface area (Å²) in [6, 6.07) is 0.713. The van der Waals surface area contributed by atoms with Gasteiger partial charge in [-0.15, -0.1) is 0 Å². The maximum absolute atomic E-state index is 12.4. The van der Waals surface area contributed by atoms with Crippen molar-refractivity contribution in [1.82, 2.24) is 19.7 Å². The van der Waals surface area contributed by atoms with E-state index in [4.69, 9.17) is 5.11 Å². The number of nitrogens with zero attached hydrogens (tertiary/aromatic N) is 4. The van der Waals surface area contributed by atoms with Crippen LogP contribution in [0.1, 0.15) is 16.1 Å². The van der Waals surface area contributed by atoms with Gasteiger partial charge in [-0.3, -0.25) is 0 Å². The van der Waals surface area contributed by atoms with Gasteiger partial charge in [-0.05, 0) is 6.07 Å².